The molecular formula is C21H16FN5. The number of nitriles is 2. The third-order valence-corrected chi connectivity index (χ3v) is 4.87. The molecule has 0 aliphatic carbocycles. The van der Waals surface area contributed by atoms with Gasteiger partial charge < -0.3 is 9.80 Å². The number of aromatic nitrogens is 1. The van der Waals surface area contributed by atoms with Gasteiger partial charge in [-0.1, -0.05) is 24.3 Å². The van der Waals surface area contributed by atoms with Crippen LogP contribution in [0.2, 0.25) is 0 Å². The molecule has 5 nitrogen and oxygen atoms in total. The van der Waals surface area contributed by atoms with Crippen LogP contribution in [0.15, 0.2) is 48.5 Å². The number of pyridine rings is 1. The van der Waals surface area contributed by atoms with Gasteiger partial charge in [-0.2, -0.15) is 10.5 Å². The van der Waals surface area contributed by atoms with Gasteiger partial charge in [0.1, 0.15) is 29.2 Å². The van der Waals surface area contributed by atoms with E-state index in [0.29, 0.717) is 37.6 Å². The Morgan fingerprint density at radius 1 is 0.852 bits per heavy atom. The van der Waals surface area contributed by atoms with Crippen LogP contribution in [-0.2, 0) is 0 Å². The van der Waals surface area contributed by atoms with Crippen LogP contribution < -0.4 is 9.80 Å². The van der Waals surface area contributed by atoms with Crippen LogP contribution in [0.4, 0.5) is 15.8 Å². The van der Waals surface area contributed by atoms with Crippen LogP contribution in [-0.4, -0.2) is 31.2 Å². The molecule has 1 aliphatic rings. The van der Waals surface area contributed by atoms with Gasteiger partial charge in [0.05, 0.1) is 11.2 Å². The molecule has 1 aromatic heterocycles. The number of rotatable bonds is 2. The largest absolute Gasteiger partial charge is 0.367 e. The summed E-state index contributed by atoms with van der Waals surface area (Å²) < 4.78 is 13.9. The second kappa shape index (κ2) is 6.93. The number of para-hydroxylation sites is 1. The van der Waals surface area contributed by atoms with Crippen molar-refractivity contribution in [2.75, 3.05) is 36.0 Å². The fourth-order valence-electron chi connectivity index (χ4n) is 3.55. The van der Waals surface area contributed by atoms with Crippen molar-refractivity contribution in [3.8, 4) is 12.1 Å². The van der Waals surface area contributed by atoms with E-state index in [0.717, 1.165) is 16.6 Å². The summed E-state index contributed by atoms with van der Waals surface area (Å²) in [5.41, 5.74) is 2.90. The van der Waals surface area contributed by atoms with E-state index in [4.69, 9.17) is 0 Å². The van der Waals surface area contributed by atoms with Crippen LogP contribution >= 0.6 is 0 Å². The number of hydrogen-bond acceptors (Lipinski definition) is 5. The number of fused-ring (bicyclic) bond motifs is 1. The maximum atomic E-state index is 13.9. The molecule has 0 N–H and O–H groups in total. The Hall–Kier alpha value is -3.64. The smallest absolute Gasteiger partial charge is 0.143 e. The van der Waals surface area contributed by atoms with Crippen molar-refractivity contribution in [3.63, 3.8) is 0 Å². The van der Waals surface area contributed by atoms with E-state index >= 15 is 0 Å². The fourth-order valence-corrected chi connectivity index (χ4v) is 3.55. The van der Waals surface area contributed by atoms with Gasteiger partial charge in [0.25, 0.3) is 0 Å². The van der Waals surface area contributed by atoms with Crippen molar-refractivity contribution in [3.05, 3.63) is 65.6 Å². The van der Waals surface area contributed by atoms with Crippen molar-refractivity contribution >= 4 is 22.3 Å². The minimum Gasteiger partial charge on any atom is -0.367 e. The standard InChI is InChI=1S/C21H16FN5/c22-18-5-3-7-20(17(18)14-24)26-8-10-27(11-9-26)21-12-15(13-23)25-19-6-2-1-4-16(19)21/h1-7,12H,8-11H2. The summed E-state index contributed by atoms with van der Waals surface area (Å²) in [6.45, 7) is 2.74. The predicted octanol–water partition coefficient (Wildman–Crippen LogP) is 3.44. The molecular weight excluding hydrogens is 341 g/mol. The molecule has 2 heterocycles. The molecule has 0 atom stereocenters. The van der Waals surface area contributed by atoms with Crippen molar-refractivity contribution in [1.82, 2.24) is 4.98 Å². The normalized spacial score (nSPS) is 14.0. The summed E-state index contributed by atoms with van der Waals surface area (Å²) in [5, 5.41) is 19.6. The second-order valence-corrected chi connectivity index (χ2v) is 6.38. The third-order valence-electron chi connectivity index (χ3n) is 4.87. The van der Waals surface area contributed by atoms with E-state index in [1.54, 1.807) is 12.1 Å². The Balaban J connectivity index is 1.63. The summed E-state index contributed by atoms with van der Waals surface area (Å²) in [6.07, 6.45) is 0. The lowest BCUT2D eigenvalue weighted by molar-refractivity contribution is 0.616. The van der Waals surface area contributed by atoms with Gasteiger partial charge in [0.2, 0.25) is 0 Å². The highest BCUT2D eigenvalue weighted by atomic mass is 19.1. The SMILES string of the molecule is N#Cc1cc(N2CCN(c3cccc(F)c3C#N)CC2)c2ccccc2n1. The molecule has 0 spiro atoms. The minimum atomic E-state index is -0.490. The number of nitrogens with zero attached hydrogens (tertiary/aromatic N) is 5. The van der Waals surface area contributed by atoms with Crippen molar-refractivity contribution in [2.45, 2.75) is 0 Å². The second-order valence-electron chi connectivity index (χ2n) is 6.38. The van der Waals surface area contributed by atoms with E-state index in [9.17, 15) is 14.9 Å². The number of anilines is 2. The van der Waals surface area contributed by atoms with Gasteiger partial charge in [-0.25, -0.2) is 9.37 Å². The molecule has 132 valence electrons. The summed E-state index contributed by atoms with van der Waals surface area (Å²) in [6, 6.07) is 18.4. The maximum absolute atomic E-state index is 13.9. The number of benzene rings is 2. The molecule has 2 aromatic carbocycles. The van der Waals surface area contributed by atoms with E-state index in [1.165, 1.54) is 6.07 Å². The Labute approximate surface area is 156 Å². The zero-order valence-corrected chi connectivity index (χ0v) is 14.6. The fraction of sp³-hybridized carbons (Fsp3) is 0.190. The first-order chi connectivity index (χ1) is 13.2. The Morgan fingerprint density at radius 3 is 2.26 bits per heavy atom. The summed E-state index contributed by atoms with van der Waals surface area (Å²) >= 11 is 0. The number of piperazine rings is 1. The van der Waals surface area contributed by atoms with Crippen molar-refractivity contribution in [2.24, 2.45) is 0 Å². The lowest BCUT2D eigenvalue weighted by Gasteiger charge is -2.38. The summed E-state index contributed by atoms with van der Waals surface area (Å²) in [4.78, 5) is 8.62. The molecule has 0 bridgehead atoms. The van der Waals surface area contributed by atoms with E-state index in [-0.39, 0.29) is 5.56 Å². The molecule has 1 aliphatic heterocycles. The van der Waals surface area contributed by atoms with Crippen LogP contribution in [0.1, 0.15) is 11.3 Å². The highest BCUT2D eigenvalue weighted by Gasteiger charge is 2.22. The first-order valence-electron chi connectivity index (χ1n) is 8.69. The highest BCUT2D eigenvalue weighted by molar-refractivity contribution is 5.92. The van der Waals surface area contributed by atoms with Crippen LogP contribution in [0, 0.1) is 28.5 Å². The third kappa shape index (κ3) is 3.02. The molecule has 6 heteroatoms. The average Bonchev–Trinajstić information content (AvgIpc) is 2.73. The Kier molecular flexibility index (Phi) is 4.32. The van der Waals surface area contributed by atoms with Gasteiger partial charge in [0, 0.05) is 37.3 Å². The van der Waals surface area contributed by atoms with Crippen LogP contribution in [0.3, 0.4) is 0 Å². The van der Waals surface area contributed by atoms with Crippen molar-refractivity contribution in [1.29, 1.82) is 10.5 Å². The predicted molar refractivity (Wildman–Crippen MR) is 102 cm³/mol. The van der Waals surface area contributed by atoms with E-state index in [2.05, 4.69) is 16.0 Å². The van der Waals surface area contributed by atoms with Crippen LogP contribution in [0.25, 0.3) is 10.9 Å². The number of hydrogen-bond donors (Lipinski definition) is 0. The first-order valence-corrected chi connectivity index (χ1v) is 8.69. The van der Waals surface area contributed by atoms with Crippen LogP contribution in [0.5, 0.6) is 0 Å². The molecule has 3 aromatic rings. The van der Waals surface area contributed by atoms with Gasteiger partial charge in [-0.05, 0) is 24.3 Å². The lowest BCUT2D eigenvalue weighted by Crippen LogP contribution is -2.47. The Morgan fingerprint density at radius 2 is 1.56 bits per heavy atom. The van der Waals surface area contributed by atoms with Gasteiger partial charge >= 0.3 is 0 Å². The van der Waals surface area contributed by atoms with Crippen molar-refractivity contribution < 1.29 is 4.39 Å². The topological polar surface area (TPSA) is 67.0 Å². The number of halogens is 1. The highest BCUT2D eigenvalue weighted by Crippen LogP contribution is 2.29. The van der Waals surface area contributed by atoms with E-state index < -0.39 is 5.82 Å². The molecule has 0 amide bonds. The molecule has 27 heavy (non-hydrogen) atoms. The quantitative estimate of drug-likeness (QED) is 0.703. The average molecular weight is 357 g/mol. The van der Waals surface area contributed by atoms with Gasteiger partial charge in [-0.3, -0.25) is 0 Å². The zero-order valence-electron chi connectivity index (χ0n) is 14.6. The summed E-state index contributed by atoms with van der Waals surface area (Å²) in [7, 11) is 0. The minimum absolute atomic E-state index is 0.0899. The molecule has 0 saturated carbocycles. The van der Waals surface area contributed by atoms with Gasteiger partial charge in [-0.15, -0.1) is 0 Å². The molecule has 0 radical (unpaired) electrons. The van der Waals surface area contributed by atoms with Gasteiger partial charge in [0.15, 0.2) is 0 Å². The molecule has 1 fully saturated rings. The molecule has 0 unspecified atom stereocenters. The maximum Gasteiger partial charge on any atom is 0.143 e. The van der Waals surface area contributed by atoms with E-state index in [1.807, 2.05) is 41.3 Å². The molecule has 1 saturated heterocycles. The summed E-state index contributed by atoms with van der Waals surface area (Å²) in [5.74, 6) is -0.490. The zero-order chi connectivity index (χ0) is 18.8. The monoisotopic (exact) mass is 357 g/mol. The Bertz CT molecular complexity index is 1090. The lowest BCUT2D eigenvalue weighted by atomic mass is 10.1. The molecule has 4 rings (SSSR count). The first kappa shape index (κ1) is 16.8.